The fourth-order valence-electron chi connectivity index (χ4n) is 3.33. The number of fused-ring (bicyclic) bond motifs is 1. The highest BCUT2D eigenvalue weighted by atomic mass is 19.4. The van der Waals surface area contributed by atoms with E-state index in [-0.39, 0.29) is 17.0 Å². The quantitative estimate of drug-likeness (QED) is 0.729. The molecule has 0 saturated heterocycles. The highest BCUT2D eigenvalue weighted by Gasteiger charge is 2.35. The van der Waals surface area contributed by atoms with Gasteiger partial charge in [-0.15, -0.1) is 0 Å². The van der Waals surface area contributed by atoms with Crippen LogP contribution in [0.4, 0.5) is 18.9 Å². The molecule has 1 heterocycles. The molecule has 2 aromatic rings. The van der Waals surface area contributed by atoms with Crippen molar-refractivity contribution in [2.45, 2.75) is 58.0 Å². The van der Waals surface area contributed by atoms with Crippen LogP contribution >= 0.6 is 0 Å². The van der Waals surface area contributed by atoms with E-state index in [1.165, 1.54) is 25.7 Å². The van der Waals surface area contributed by atoms with Crippen molar-refractivity contribution in [3.8, 4) is 0 Å². The van der Waals surface area contributed by atoms with E-state index in [4.69, 9.17) is 4.42 Å². The van der Waals surface area contributed by atoms with E-state index in [9.17, 15) is 13.2 Å². The van der Waals surface area contributed by atoms with Crippen LogP contribution in [0.1, 0.15) is 63.3 Å². The van der Waals surface area contributed by atoms with Gasteiger partial charge < -0.3 is 9.73 Å². The van der Waals surface area contributed by atoms with Gasteiger partial charge in [0.1, 0.15) is 11.1 Å². The van der Waals surface area contributed by atoms with Gasteiger partial charge in [0.05, 0.1) is 0 Å². The average Bonchev–Trinajstić information content (AvgIpc) is 3.14. The molecule has 0 aliphatic heterocycles. The number of nitrogens with one attached hydrogen (secondary N) is 1. The van der Waals surface area contributed by atoms with Crippen molar-refractivity contribution < 1.29 is 17.6 Å². The number of halogens is 3. The second-order valence-electron chi connectivity index (χ2n) is 6.94. The van der Waals surface area contributed by atoms with Crippen molar-refractivity contribution in [3.05, 3.63) is 23.6 Å². The number of benzene rings is 1. The minimum absolute atomic E-state index is 0.0581. The molecule has 6 heteroatoms. The lowest BCUT2D eigenvalue weighted by atomic mass is 10.0. The molecule has 1 aromatic carbocycles. The molecule has 24 heavy (non-hydrogen) atoms. The first-order valence-electron chi connectivity index (χ1n) is 8.60. The molecule has 132 valence electrons. The average molecular weight is 340 g/mol. The number of alkyl halides is 3. The van der Waals surface area contributed by atoms with Gasteiger partial charge in [0.15, 0.2) is 11.5 Å². The Morgan fingerprint density at radius 1 is 1.25 bits per heavy atom. The summed E-state index contributed by atoms with van der Waals surface area (Å²) < 4.78 is 45.5. The Labute approximate surface area is 139 Å². The molecule has 3 rings (SSSR count). The number of oxazole rings is 1. The summed E-state index contributed by atoms with van der Waals surface area (Å²) in [4.78, 5) is 4.23. The van der Waals surface area contributed by atoms with Crippen LogP contribution in [0.5, 0.6) is 0 Å². The molecule has 0 unspecified atom stereocenters. The van der Waals surface area contributed by atoms with Crippen molar-refractivity contribution in [2.24, 2.45) is 5.92 Å². The van der Waals surface area contributed by atoms with Crippen molar-refractivity contribution in [1.82, 2.24) is 4.98 Å². The minimum Gasteiger partial charge on any atom is -0.440 e. The maximum atomic E-state index is 13.4. The molecule has 1 aliphatic rings. The summed E-state index contributed by atoms with van der Waals surface area (Å²) in [5.41, 5.74) is -0.219. The summed E-state index contributed by atoms with van der Waals surface area (Å²) in [5, 5.41) is 3.13. The summed E-state index contributed by atoms with van der Waals surface area (Å²) in [7, 11) is 0. The van der Waals surface area contributed by atoms with Gasteiger partial charge in [-0.05, 0) is 24.5 Å². The SMILES string of the molecule is CC(C)c1nc2cc(NCCC3CCCC3)cc(C(F)(F)F)c2o1. The zero-order chi connectivity index (χ0) is 17.3. The molecule has 0 amide bonds. The molecule has 1 fully saturated rings. The van der Waals surface area contributed by atoms with Gasteiger partial charge in [0, 0.05) is 18.2 Å². The van der Waals surface area contributed by atoms with Crippen LogP contribution in [0, 0.1) is 5.92 Å². The van der Waals surface area contributed by atoms with Gasteiger partial charge in [-0.25, -0.2) is 4.98 Å². The summed E-state index contributed by atoms with van der Waals surface area (Å²) in [5.74, 6) is 0.971. The number of hydrogen-bond donors (Lipinski definition) is 1. The van der Waals surface area contributed by atoms with E-state index in [1.807, 2.05) is 13.8 Å². The lowest BCUT2D eigenvalue weighted by molar-refractivity contribution is -0.136. The zero-order valence-electron chi connectivity index (χ0n) is 14.0. The van der Waals surface area contributed by atoms with Gasteiger partial charge in [-0.2, -0.15) is 13.2 Å². The number of rotatable bonds is 5. The highest BCUT2D eigenvalue weighted by Crippen LogP contribution is 2.38. The first-order valence-corrected chi connectivity index (χ1v) is 8.60. The monoisotopic (exact) mass is 340 g/mol. The van der Waals surface area contributed by atoms with E-state index < -0.39 is 11.7 Å². The van der Waals surface area contributed by atoms with E-state index in [0.29, 0.717) is 24.0 Å². The van der Waals surface area contributed by atoms with Crippen molar-refractivity contribution in [1.29, 1.82) is 0 Å². The van der Waals surface area contributed by atoms with E-state index in [1.54, 1.807) is 6.07 Å². The number of nitrogens with zero attached hydrogens (tertiary/aromatic N) is 1. The summed E-state index contributed by atoms with van der Waals surface area (Å²) >= 11 is 0. The van der Waals surface area contributed by atoms with Crippen molar-refractivity contribution >= 4 is 16.8 Å². The van der Waals surface area contributed by atoms with Crippen LogP contribution in [-0.4, -0.2) is 11.5 Å². The second kappa shape index (κ2) is 6.65. The third-order valence-electron chi connectivity index (χ3n) is 4.66. The molecular formula is C18H23F3N2O. The lowest BCUT2D eigenvalue weighted by Gasteiger charge is -2.13. The molecule has 0 radical (unpaired) electrons. The molecular weight excluding hydrogens is 317 g/mol. The van der Waals surface area contributed by atoms with Gasteiger partial charge >= 0.3 is 6.18 Å². The van der Waals surface area contributed by atoms with Gasteiger partial charge in [-0.1, -0.05) is 39.5 Å². The van der Waals surface area contributed by atoms with Gasteiger partial charge in [-0.3, -0.25) is 0 Å². The Morgan fingerprint density at radius 3 is 2.58 bits per heavy atom. The van der Waals surface area contributed by atoms with E-state index >= 15 is 0 Å². The van der Waals surface area contributed by atoms with Crippen molar-refractivity contribution in [3.63, 3.8) is 0 Å². The standard InChI is InChI=1S/C18H23F3N2O/c1-11(2)17-23-15-10-13(22-8-7-12-5-3-4-6-12)9-14(16(15)24-17)18(19,20)21/h9-12,22H,3-8H2,1-2H3. The van der Waals surface area contributed by atoms with Crippen LogP contribution in [-0.2, 0) is 6.18 Å². The fourth-order valence-corrected chi connectivity index (χ4v) is 3.33. The molecule has 0 bridgehead atoms. The highest BCUT2D eigenvalue weighted by molar-refractivity contribution is 5.81. The summed E-state index contributed by atoms with van der Waals surface area (Å²) in [6, 6.07) is 2.78. The Hall–Kier alpha value is -1.72. The third-order valence-corrected chi connectivity index (χ3v) is 4.66. The normalized spacial score (nSPS) is 16.4. The maximum absolute atomic E-state index is 13.4. The molecule has 1 aromatic heterocycles. The zero-order valence-corrected chi connectivity index (χ0v) is 14.0. The number of aromatic nitrogens is 1. The Bertz CT molecular complexity index is 700. The number of hydrogen-bond acceptors (Lipinski definition) is 3. The molecule has 1 saturated carbocycles. The first-order chi connectivity index (χ1) is 11.3. The Kier molecular flexibility index (Phi) is 4.74. The maximum Gasteiger partial charge on any atom is 0.420 e. The second-order valence-corrected chi connectivity index (χ2v) is 6.94. The van der Waals surface area contributed by atoms with Crippen LogP contribution in [0.25, 0.3) is 11.1 Å². The Morgan fingerprint density at radius 2 is 1.96 bits per heavy atom. The predicted octanol–water partition coefficient (Wildman–Crippen LogP) is 5.96. The van der Waals surface area contributed by atoms with Gasteiger partial charge in [0.25, 0.3) is 0 Å². The largest absolute Gasteiger partial charge is 0.440 e. The van der Waals surface area contributed by atoms with Gasteiger partial charge in [0.2, 0.25) is 0 Å². The molecule has 0 spiro atoms. The summed E-state index contributed by atoms with van der Waals surface area (Å²) in [6.45, 7) is 4.37. The van der Waals surface area contributed by atoms with Crippen molar-refractivity contribution in [2.75, 3.05) is 11.9 Å². The van der Waals surface area contributed by atoms with E-state index in [0.717, 1.165) is 12.5 Å². The lowest BCUT2D eigenvalue weighted by Crippen LogP contribution is -2.09. The molecule has 0 atom stereocenters. The predicted molar refractivity (Wildman–Crippen MR) is 88.2 cm³/mol. The minimum atomic E-state index is -4.46. The van der Waals surface area contributed by atoms with E-state index in [2.05, 4.69) is 10.3 Å². The first kappa shape index (κ1) is 17.1. The van der Waals surface area contributed by atoms with Crippen LogP contribution < -0.4 is 5.32 Å². The topological polar surface area (TPSA) is 38.1 Å². The van der Waals surface area contributed by atoms with Crippen LogP contribution in [0.15, 0.2) is 16.5 Å². The van der Waals surface area contributed by atoms with Crippen LogP contribution in [0.2, 0.25) is 0 Å². The molecule has 1 aliphatic carbocycles. The smallest absolute Gasteiger partial charge is 0.420 e. The Balaban J connectivity index is 1.84. The molecule has 1 N–H and O–H groups in total. The fraction of sp³-hybridized carbons (Fsp3) is 0.611. The third kappa shape index (κ3) is 3.68. The van der Waals surface area contributed by atoms with Crippen LogP contribution in [0.3, 0.4) is 0 Å². The number of anilines is 1. The molecule has 3 nitrogen and oxygen atoms in total. The summed E-state index contributed by atoms with van der Waals surface area (Å²) in [6.07, 6.45) is 1.53.